The first-order valence-corrected chi connectivity index (χ1v) is 10.4. The number of aromatic amines is 1. The highest BCUT2D eigenvalue weighted by molar-refractivity contribution is 6.07. The first kappa shape index (κ1) is 20.8. The lowest BCUT2D eigenvalue weighted by atomic mass is 9.80. The lowest BCUT2D eigenvalue weighted by molar-refractivity contribution is -0.114. The molecule has 160 valence electrons. The van der Waals surface area contributed by atoms with Crippen molar-refractivity contribution in [3.8, 4) is 11.3 Å². The van der Waals surface area contributed by atoms with E-state index in [1.54, 1.807) is 24.4 Å². The van der Waals surface area contributed by atoms with E-state index < -0.39 is 0 Å². The summed E-state index contributed by atoms with van der Waals surface area (Å²) in [6, 6.07) is 9.61. The zero-order chi connectivity index (χ0) is 22.1. The van der Waals surface area contributed by atoms with Gasteiger partial charge in [0.1, 0.15) is 11.6 Å². The van der Waals surface area contributed by atoms with E-state index in [1.807, 2.05) is 6.07 Å². The molecule has 0 aliphatic heterocycles. The Balaban J connectivity index is 1.82. The molecule has 31 heavy (non-hydrogen) atoms. The predicted octanol–water partition coefficient (Wildman–Crippen LogP) is 5.32. The molecule has 0 saturated carbocycles. The number of aromatic nitrogens is 2. The van der Waals surface area contributed by atoms with Gasteiger partial charge in [-0.05, 0) is 54.7 Å². The molecule has 0 bridgehead atoms. The van der Waals surface area contributed by atoms with Gasteiger partial charge in [0.2, 0.25) is 5.91 Å². The predicted molar refractivity (Wildman–Crippen MR) is 119 cm³/mol. The van der Waals surface area contributed by atoms with Gasteiger partial charge in [-0.1, -0.05) is 13.8 Å². The topological polar surface area (TPSA) is 86.9 Å². The number of pyridine rings is 1. The molecule has 1 aliphatic carbocycles. The number of benzene rings is 1. The lowest BCUT2D eigenvalue weighted by Crippen LogP contribution is -2.23. The first-order chi connectivity index (χ1) is 14.8. The van der Waals surface area contributed by atoms with Crippen LogP contribution in [0.2, 0.25) is 0 Å². The summed E-state index contributed by atoms with van der Waals surface area (Å²) in [5.74, 6) is 0.643. The van der Waals surface area contributed by atoms with Crippen molar-refractivity contribution in [3.05, 3.63) is 59.7 Å². The maximum atomic E-state index is 13.4. The van der Waals surface area contributed by atoms with E-state index in [4.69, 9.17) is 0 Å². The van der Waals surface area contributed by atoms with Gasteiger partial charge < -0.3 is 15.6 Å². The zero-order valence-electron chi connectivity index (χ0n) is 17.8. The van der Waals surface area contributed by atoms with Crippen molar-refractivity contribution in [2.75, 3.05) is 10.6 Å². The highest BCUT2D eigenvalue weighted by Gasteiger charge is 2.33. The molecule has 7 heteroatoms. The van der Waals surface area contributed by atoms with Gasteiger partial charge in [-0.25, -0.2) is 9.37 Å². The Morgan fingerprint density at radius 2 is 1.94 bits per heavy atom. The standard InChI is InChI=1S/C24H25FN4O2/c1-13(2)16-10-19-22(20(31)11-16)24(28-18-6-4-17(25)5-7-18)23(29-19)15-8-9-26-21(12-15)27-14(3)30/h4-9,12-13,16,28-29H,10-11H2,1-3H3,(H,26,27,30). The Hall–Kier alpha value is -3.48. The zero-order valence-corrected chi connectivity index (χ0v) is 17.8. The molecule has 0 spiro atoms. The van der Waals surface area contributed by atoms with E-state index in [1.165, 1.54) is 19.1 Å². The van der Waals surface area contributed by atoms with Gasteiger partial charge in [0, 0.05) is 36.5 Å². The van der Waals surface area contributed by atoms with Crippen LogP contribution in [0.15, 0.2) is 42.6 Å². The molecular formula is C24H25FN4O2. The average molecular weight is 420 g/mol. The molecule has 1 aromatic carbocycles. The van der Waals surface area contributed by atoms with E-state index in [-0.39, 0.29) is 23.4 Å². The Morgan fingerprint density at radius 3 is 2.61 bits per heavy atom. The number of fused-ring (bicyclic) bond motifs is 1. The summed E-state index contributed by atoms with van der Waals surface area (Å²) in [4.78, 5) is 32.2. The number of anilines is 3. The van der Waals surface area contributed by atoms with Gasteiger partial charge in [0.15, 0.2) is 5.78 Å². The van der Waals surface area contributed by atoms with Crippen molar-refractivity contribution in [1.82, 2.24) is 9.97 Å². The van der Waals surface area contributed by atoms with Crippen LogP contribution in [-0.4, -0.2) is 21.7 Å². The largest absolute Gasteiger partial charge is 0.356 e. The van der Waals surface area contributed by atoms with Crippen molar-refractivity contribution >= 4 is 28.9 Å². The van der Waals surface area contributed by atoms with Crippen molar-refractivity contribution in [3.63, 3.8) is 0 Å². The van der Waals surface area contributed by atoms with E-state index in [2.05, 4.69) is 34.4 Å². The van der Waals surface area contributed by atoms with Crippen LogP contribution >= 0.6 is 0 Å². The number of nitrogens with zero attached hydrogens (tertiary/aromatic N) is 1. The van der Waals surface area contributed by atoms with Crippen LogP contribution in [0.1, 0.15) is 43.2 Å². The minimum Gasteiger partial charge on any atom is -0.356 e. The normalized spacial score (nSPS) is 15.6. The maximum Gasteiger partial charge on any atom is 0.222 e. The SMILES string of the molecule is CC(=O)Nc1cc(-c2[nH]c3c(c2Nc2ccc(F)cc2)C(=O)CC(C(C)C)C3)ccn1. The molecule has 4 rings (SSSR count). The number of hydrogen-bond acceptors (Lipinski definition) is 4. The highest BCUT2D eigenvalue weighted by Crippen LogP contribution is 2.41. The smallest absolute Gasteiger partial charge is 0.222 e. The fourth-order valence-corrected chi connectivity index (χ4v) is 4.01. The second-order valence-corrected chi connectivity index (χ2v) is 8.31. The van der Waals surface area contributed by atoms with Crippen molar-refractivity contribution in [2.45, 2.75) is 33.6 Å². The molecule has 2 heterocycles. The summed E-state index contributed by atoms with van der Waals surface area (Å²) in [5.41, 5.74) is 4.41. The molecule has 3 N–H and O–H groups in total. The third-order valence-electron chi connectivity index (χ3n) is 5.68. The molecule has 0 radical (unpaired) electrons. The summed E-state index contributed by atoms with van der Waals surface area (Å²) in [6.07, 6.45) is 2.88. The molecule has 1 atom stereocenters. The fraction of sp³-hybridized carbons (Fsp3) is 0.292. The summed E-state index contributed by atoms with van der Waals surface area (Å²) in [5, 5.41) is 6.00. The Bertz CT molecular complexity index is 1130. The molecule has 2 aromatic heterocycles. The van der Waals surface area contributed by atoms with Crippen molar-refractivity contribution in [2.24, 2.45) is 11.8 Å². The van der Waals surface area contributed by atoms with Crippen LogP contribution in [0.25, 0.3) is 11.3 Å². The second kappa shape index (κ2) is 8.34. The molecule has 0 fully saturated rings. The minimum absolute atomic E-state index is 0.0863. The first-order valence-electron chi connectivity index (χ1n) is 10.4. The van der Waals surface area contributed by atoms with Crippen molar-refractivity contribution < 1.29 is 14.0 Å². The molecule has 1 unspecified atom stereocenters. The van der Waals surface area contributed by atoms with E-state index in [0.29, 0.717) is 35.1 Å². The fourth-order valence-electron chi connectivity index (χ4n) is 4.01. The van der Waals surface area contributed by atoms with Gasteiger partial charge in [-0.15, -0.1) is 0 Å². The number of carbonyl (C=O) groups excluding carboxylic acids is 2. The average Bonchev–Trinajstić information content (AvgIpc) is 3.08. The number of rotatable bonds is 5. The monoisotopic (exact) mass is 420 g/mol. The van der Waals surface area contributed by atoms with Crippen molar-refractivity contribution in [1.29, 1.82) is 0 Å². The molecule has 1 aliphatic rings. The van der Waals surface area contributed by atoms with E-state index in [0.717, 1.165) is 23.4 Å². The number of amides is 1. The van der Waals surface area contributed by atoms with Gasteiger partial charge >= 0.3 is 0 Å². The van der Waals surface area contributed by atoms with Crippen LogP contribution in [0, 0.1) is 17.7 Å². The number of Topliss-reactive ketones (excluding diaryl/α,β-unsaturated/α-hetero) is 1. The summed E-state index contributed by atoms with van der Waals surface area (Å²) >= 11 is 0. The third-order valence-corrected chi connectivity index (χ3v) is 5.68. The van der Waals surface area contributed by atoms with Crippen LogP contribution in [0.5, 0.6) is 0 Å². The van der Waals surface area contributed by atoms with E-state index >= 15 is 0 Å². The Morgan fingerprint density at radius 1 is 1.19 bits per heavy atom. The molecule has 3 aromatic rings. The second-order valence-electron chi connectivity index (χ2n) is 8.31. The van der Waals surface area contributed by atoms with Crippen LogP contribution < -0.4 is 10.6 Å². The van der Waals surface area contributed by atoms with Gasteiger partial charge in [-0.2, -0.15) is 0 Å². The number of nitrogens with one attached hydrogen (secondary N) is 3. The summed E-state index contributed by atoms with van der Waals surface area (Å²) < 4.78 is 13.4. The van der Waals surface area contributed by atoms with Gasteiger partial charge in [0.25, 0.3) is 0 Å². The van der Waals surface area contributed by atoms with E-state index in [9.17, 15) is 14.0 Å². The van der Waals surface area contributed by atoms with Crippen LogP contribution in [-0.2, 0) is 11.2 Å². The molecule has 1 amide bonds. The third kappa shape index (κ3) is 4.35. The Labute approximate surface area is 180 Å². The molecule has 0 saturated heterocycles. The van der Waals surface area contributed by atoms with Crippen LogP contribution in [0.4, 0.5) is 21.6 Å². The Kier molecular flexibility index (Phi) is 5.59. The molecule has 6 nitrogen and oxygen atoms in total. The van der Waals surface area contributed by atoms with Gasteiger partial charge in [-0.3, -0.25) is 9.59 Å². The number of H-pyrrole nitrogens is 1. The number of halogens is 1. The van der Waals surface area contributed by atoms with Gasteiger partial charge in [0.05, 0.1) is 16.9 Å². The number of hydrogen-bond donors (Lipinski definition) is 3. The lowest BCUT2D eigenvalue weighted by Gasteiger charge is -2.25. The number of carbonyl (C=O) groups is 2. The quantitative estimate of drug-likeness (QED) is 0.521. The molecular weight excluding hydrogens is 395 g/mol. The summed E-state index contributed by atoms with van der Waals surface area (Å²) in [7, 11) is 0. The highest BCUT2D eigenvalue weighted by atomic mass is 19.1. The minimum atomic E-state index is -0.327. The number of ketones is 1. The maximum absolute atomic E-state index is 13.4. The summed E-state index contributed by atoms with van der Waals surface area (Å²) in [6.45, 7) is 5.69. The van der Waals surface area contributed by atoms with Crippen LogP contribution in [0.3, 0.4) is 0 Å².